The summed E-state index contributed by atoms with van der Waals surface area (Å²) >= 11 is 0. The van der Waals surface area contributed by atoms with Crippen LogP contribution in [0.5, 0.6) is 11.6 Å². The number of hydrogen-bond acceptors (Lipinski definition) is 6. The maximum atomic E-state index is 5.95. The molecule has 2 aliphatic heterocycles. The number of aromatic nitrogens is 1. The van der Waals surface area contributed by atoms with Crippen LogP contribution in [0.25, 0.3) is 0 Å². The lowest BCUT2D eigenvalue weighted by Gasteiger charge is -2.37. The third-order valence-corrected chi connectivity index (χ3v) is 5.58. The van der Waals surface area contributed by atoms with Crippen LogP contribution in [0.3, 0.4) is 0 Å². The van der Waals surface area contributed by atoms with E-state index in [2.05, 4.69) is 20.2 Å². The number of nitrogens with one attached hydrogen (secondary N) is 1. The molecule has 0 aliphatic carbocycles. The summed E-state index contributed by atoms with van der Waals surface area (Å²) < 4.78 is 23.1. The Morgan fingerprint density at radius 3 is 2.64 bits per heavy atom. The van der Waals surface area contributed by atoms with Gasteiger partial charge in [-0.25, -0.2) is 4.98 Å². The molecule has 0 amide bonds. The number of aliphatic imine (C=N–C) groups is 1. The number of halogens is 1. The number of para-hydroxylation sites is 1. The van der Waals surface area contributed by atoms with Crippen LogP contribution in [0.15, 0.2) is 53.7 Å². The Bertz CT molecular complexity index is 847. The van der Waals surface area contributed by atoms with E-state index in [-0.39, 0.29) is 36.2 Å². The van der Waals surface area contributed by atoms with E-state index in [1.54, 1.807) is 0 Å². The van der Waals surface area contributed by atoms with Gasteiger partial charge in [-0.05, 0) is 30.5 Å². The van der Waals surface area contributed by atoms with E-state index < -0.39 is 0 Å². The van der Waals surface area contributed by atoms with Crippen LogP contribution in [0, 0.1) is 0 Å². The first kappa shape index (κ1) is 25.5. The van der Waals surface area contributed by atoms with Gasteiger partial charge in [-0.2, -0.15) is 0 Å². The molecule has 4 rings (SSSR count). The molecule has 0 radical (unpaired) electrons. The summed E-state index contributed by atoms with van der Waals surface area (Å²) in [7, 11) is 1.81. The Balaban J connectivity index is 0.00000306. The quantitative estimate of drug-likeness (QED) is 0.227. The number of ether oxygens (including phenoxy) is 4. The first-order valence-electron chi connectivity index (χ1n) is 11.3. The molecule has 8 nitrogen and oxygen atoms in total. The largest absolute Gasteiger partial charge is 0.490 e. The first-order valence-corrected chi connectivity index (χ1v) is 11.3. The lowest BCUT2D eigenvalue weighted by Crippen LogP contribution is -2.53. The second kappa shape index (κ2) is 13.6. The number of nitrogens with zero attached hydrogens (tertiary/aromatic N) is 3. The van der Waals surface area contributed by atoms with E-state index in [4.69, 9.17) is 18.9 Å². The van der Waals surface area contributed by atoms with E-state index >= 15 is 0 Å². The first-order chi connectivity index (χ1) is 15.8. The molecule has 2 fully saturated rings. The van der Waals surface area contributed by atoms with Gasteiger partial charge in [0.2, 0.25) is 5.88 Å². The highest BCUT2D eigenvalue weighted by Crippen LogP contribution is 2.21. The van der Waals surface area contributed by atoms with Crippen molar-refractivity contribution in [3.8, 4) is 11.6 Å². The monoisotopic (exact) mass is 568 g/mol. The van der Waals surface area contributed by atoms with Gasteiger partial charge in [-0.3, -0.25) is 4.99 Å². The van der Waals surface area contributed by atoms with Crippen LogP contribution in [0.2, 0.25) is 0 Å². The Hall–Kier alpha value is -2.11. The minimum atomic E-state index is 0. The number of hydrogen-bond donors (Lipinski definition) is 1. The molecule has 2 atom stereocenters. The van der Waals surface area contributed by atoms with E-state index in [9.17, 15) is 0 Å². The van der Waals surface area contributed by atoms with Crippen molar-refractivity contribution in [1.82, 2.24) is 15.2 Å². The fraction of sp³-hybridized carbons (Fsp3) is 0.500. The van der Waals surface area contributed by atoms with Gasteiger partial charge in [0.05, 0.1) is 12.7 Å². The van der Waals surface area contributed by atoms with Gasteiger partial charge in [0.15, 0.2) is 5.96 Å². The summed E-state index contributed by atoms with van der Waals surface area (Å²) in [5, 5.41) is 3.44. The van der Waals surface area contributed by atoms with Gasteiger partial charge in [0.25, 0.3) is 0 Å². The Morgan fingerprint density at radius 1 is 1.09 bits per heavy atom. The number of guanidine groups is 1. The SMILES string of the molecule is CN=C(NCc1ccc(OCCOc2ccccc2)nc1)N1CCOC(C2CCCO2)C1.I. The minimum absolute atomic E-state index is 0. The maximum Gasteiger partial charge on any atom is 0.213 e. The molecule has 0 spiro atoms. The smallest absolute Gasteiger partial charge is 0.213 e. The van der Waals surface area contributed by atoms with E-state index in [0.717, 1.165) is 49.8 Å². The van der Waals surface area contributed by atoms with Crippen molar-refractivity contribution in [2.75, 3.05) is 46.6 Å². The third kappa shape index (κ3) is 7.72. The predicted octanol–water partition coefficient (Wildman–Crippen LogP) is 3.11. The predicted molar refractivity (Wildman–Crippen MR) is 138 cm³/mol. The van der Waals surface area contributed by atoms with Crippen LogP contribution < -0.4 is 14.8 Å². The topological polar surface area (TPSA) is 77.4 Å². The highest BCUT2D eigenvalue weighted by atomic mass is 127. The molecule has 0 bridgehead atoms. The third-order valence-electron chi connectivity index (χ3n) is 5.58. The molecule has 180 valence electrons. The summed E-state index contributed by atoms with van der Waals surface area (Å²) in [4.78, 5) is 11.1. The molecule has 1 aromatic carbocycles. The average molecular weight is 568 g/mol. The molecule has 9 heteroatoms. The molecule has 1 N–H and O–H groups in total. The van der Waals surface area contributed by atoms with Crippen LogP contribution in [0.1, 0.15) is 18.4 Å². The molecule has 2 unspecified atom stereocenters. The standard InChI is InChI=1S/C24H32N4O4.HI/c1-25-24(28-11-13-31-22(18-28)21-8-5-12-30-21)27-17-19-9-10-23(26-16-19)32-15-14-29-20-6-3-2-4-7-20;/h2-4,6-7,9-10,16,21-22H,5,8,11-15,17-18H2,1H3,(H,25,27);1H. The van der Waals surface area contributed by atoms with Crippen molar-refractivity contribution in [3.05, 3.63) is 54.2 Å². The second-order valence-electron chi connectivity index (χ2n) is 7.82. The van der Waals surface area contributed by atoms with Crippen molar-refractivity contribution < 1.29 is 18.9 Å². The van der Waals surface area contributed by atoms with Gasteiger partial charge < -0.3 is 29.2 Å². The van der Waals surface area contributed by atoms with Crippen LogP contribution in [-0.4, -0.2) is 74.6 Å². The molecule has 2 saturated heterocycles. The summed E-state index contributed by atoms with van der Waals surface area (Å²) in [5.41, 5.74) is 1.06. The number of pyridine rings is 1. The summed E-state index contributed by atoms with van der Waals surface area (Å²) in [5.74, 6) is 2.29. The summed E-state index contributed by atoms with van der Waals surface area (Å²) in [6.45, 7) is 4.68. The molecule has 2 aliphatic rings. The van der Waals surface area contributed by atoms with Crippen molar-refractivity contribution in [2.45, 2.75) is 31.6 Å². The second-order valence-corrected chi connectivity index (χ2v) is 7.82. The zero-order valence-corrected chi connectivity index (χ0v) is 21.4. The van der Waals surface area contributed by atoms with Crippen molar-refractivity contribution in [2.24, 2.45) is 4.99 Å². The van der Waals surface area contributed by atoms with Crippen molar-refractivity contribution in [3.63, 3.8) is 0 Å². The molecule has 1 aromatic heterocycles. The summed E-state index contributed by atoms with van der Waals surface area (Å²) in [6.07, 6.45) is 4.31. The van der Waals surface area contributed by atoms with Crippen LogP contribution in [-0.2, 0) is 16.0 Å². The highest BCUT2D eigenvalue weighted by Gasteiger charge is 2.32. The zero-order valence-electron chi connectivity index (χ0n) is 19.0. The highest BCUT2D eigenvalue weighted by molar-refractivity contribution is 14.0. The molecule has 0 saturated carbocycles. The van der Waals surface area contributed by atoms with Crippen LogP contribution >= 0.6 is 24.0 Å². The van der Waals surface area contributed by atoms with Gasteiger partial charge >= 0.3 is 0 Å². The molecule has 2 aromatic rings. The van der Waals surface area contributed by atoms with E-state index in [0.29, 0.717) is 32.2 Å². The Kier molecular flexibility index (Phi) is 10.5. The van der Waals surface area contributed by atoms with Gasteiger partial charge in [0, 0.05) is 45.6 Å². The Labute approximate surface area is 212 Å². The fourth-order valence-electron chi connectivity index (χ4n) is 3.93. The number of rotatable bonds is 8. The fourth-order valence-corrected chi connectivity index (χ4v) is 3.93. The maximum absolute atomic E-state index is 5.95. The van der Waals surface area contributed by atoms with E-state index in [1.165, 1.54) is 0 Å². The Morgan fingerprint density at radius 2 is 1.91 bits per heavy atom. The van der Waals surface area contributed by atoms with Gasteiger partial charge in [-0.1, -0.05) is 24.3 Å². The van der Waals surface area contributed by atoms with Gasteiger partial charge in [0.1, 0.15) is 25.1 Å². The average Bonchev–Trinajstić information content (AvgIpc) is 3.39. The van der Waals surface area contributed by atoms with Crippen molar-refractivity contribution >= 4 is 29.9 Å². The number of benzene rings is 1. The molecule has 3 heterocycles. The molecule has 33 heavy (non-hydrogen) atoms. The minimum Gasteiger partial charge on any atom is -0.490 e. The molecular weight excluding hydrogens is 535 g/mol. The number of morpholine rings is 1. The lowest BCUT2D eigenvalue weighted by molar-refractivity contribution is -0.0817. The van der Waals surface area contributed by atoms with Crippen molar-refractivity contribution in [1.29, 1.82) is 0 Å². The lowest BCUT2D eigenvalue weighted by atomic mass is 10.1. The van der Waals surface area contributed by atoms with Gasteiger partial charge in [-0.15, -0.1) is 24.0 Å². The van der Waals surface area contributed by atoms with E-state index in [1.807, 2.05) is 55.7 Å². The normalized spacial score (nSPS) is 20.8. The summed E-state index contributed by atoms with van der Waals surface area (Å²) in [6, 6.07) is 13.6. The van der Waals surface area contributed by atoms with Crippen LogP contribution in [0.4, 0.5) is 0 Å². The zero-order chi connectivity index (χ0) is 22.0. The molecular formula is C24H33IN4O4.